The van der Waals surface area contributed by atoms with Gasteiger partial charge in [0, 0.05) is 19.3 Å². The number of hydrogen-bond acceptors (Lipinski definition) is 4. The Hall–Kier alpha value is -1.32. The second-order valence-corrected chi connectivity index (χ2v) is 5.79. The van der Waals surface area contributed by atoms with Gasteiger partial charge in [0.05, 0.1) is 0 Å². The minimum Gasteiger partial charge on any atom is -0.384 e. The summed E-state index contributed by atoms with van der Waals surface area (Å²) < 4.78 is 0. The Labute approximate surface area is 103 Å². The van der Waals surface area contributed by atoms with Crippen LogP contribution in [0.15, 0.2) is 12.3 Å². The molecule has 1 heterocycles. The standard InChI is InChI=1S/C13H22N4/c1-13(2)7-4-10(5-8-13)17(3)12-15-9-6-11(14)16-12/h6,9-10H,4-5,7-8H2,1-3H3,(H2,14,15,16). The smallest absolute Gasteiger partial charge is 0.227 e. The first-order valence-corrected chi connectivity index (χ1v) is 6.29. The molecule has 1 aliphatic rings. The second-order valence-electron chi connectivity index (χ2n) is 5.79. The third-order valence-corrected chi connectivity index (χ3v) is 3.84. The van der Waals surface area contributed by atoms with Crippen molar-refractivity contribution in [1.82, 2.24) is 9.97 Å². The summed E-state index contributed by atoms with van der Waals surface area (Å²) in [5, 5.41) is 0. The lowest BCUT2D eigenvalue weighted by Crippen LogP contribution is -2.38. The predicted octanol–water partition coefficient (Wildman–Crippen LogP) is 2.46. The van der Waals surface area contributed by atoms with Crippen molar-refractivity contribution in [2.24, 2.45) is 5.41 Å². The average Bonchev–Trinajstić information content (AvgIpc) is 2.28. The number of nitrogens with zero attached hydrogens (tertiary/aromatic N) is 3. The van der Waals surface area contributed by atoms with Gasteiger partial charge in [-0.15, -0.1) is 0 Å². The fraction of sp³-hybridized carbons (Fsp3) is 0.692. The molecular weight excluding hydrogens is 212 g/mol. The molecule has 17 heavy (non-hydrogen) atoms. The van der Waals surface area contributed by atoms with E-state index in [4.69, 9.17) is 5.73 Å². The van der Waals surface area contributed by atoms with E-state index in [1.54, 1.807) is 12.3 Å². The van der Waals surface area contributed by atoms with Crippen molar-refractivity contribution in [2.75, 3.05) is 17.7 Å². The Morgan fingerprint density at radius 2 is 2.00 bits per heavy atom. The fourth-order valence-electron chi connectivity index (χ4n) is 2.47. The first kappa shape index (κ1) is 12.1. The molecule has 0 bridgehead atoms. The molecule has 0 aromatic carbocycles. The lowest BCUT2D eigenvalue weighted by atomic mass is 9.75. The topological polar surface area (TPSA) is 55.0 Å². The van der Waals surface area contributed by atoms with Gasteiger partial charge in [-0.1, -0.05) is 13.8 Å². The summed E-state index contributed by atoms with van der Waals surface area (Å²) >= 11 is 0. The highest BCUT2D eigenvalue weighted by atomic mass is 15.3. The molecule has 0 spiro atoms. The van der Waals surface area contributed by atoms with Crippen molar-refractivity contribution < 1.29 is 0 Å². The lowest BCUT2D eigenvalue weighted by molar-refractivity contribution is 0.222. The van der Waals surface area contributed by atoms with Crippen LogP contribution in [0.5, 0.6) is 0 Å². The molecule has 4 nitrogen and oxygen atoms in total. The minimum atomic E-state index is 0.494. The van der Waals surface area contributed by atoms with E-state index in [2.05, 4.69) is 35.8 Å². The van der Waals surface area contributed by atoms with Gasteiger partial charge in [0.25, 0.3) is 0 Å². The maximum Gasteiger partial charge on any atom is 0.227 e. The van der Waals surface area contributed by atoms with Gasteiger partial charge in [0.1, 0.15) is 5.82 Å². The zero-order chi connectivity index (χ0) is 12.5. The highest BCUT2D eigenvalue weighted by molar-refractivity contribution is 5.37. The van der Waals surface area contributed by atoms with Crippen LogP contribution in [0, 0.1) is 5.41 Å². The zero-order valence-corrected chi connectivity index (χ0v) is 11.0. The van der Waals surface area contributed by atoms with Crippen LogP contribution >= 0.6 is 0 Å². The van der Waals surface area contributed by atoms with Crippen molar-refractivity contribution in [2.45, 2.75) is 45.6 Å². The van der Waals surface area contributed by atoms with Gasteiger partial charge in [0.15, 0.2) is 0 Å². The summed E-state index contributed by atoms with van der Waals surface area (Å²) in [6, 6.07) is 2.27. The van der Waals surface area contributed by atoms with Crippen LogP contribution in [-0.4, -0.2) is 23.1 Å². The summed E-state index contributed by atoms with van der Waals surface area (Å²) in [7, 11) is 2.07. The van der Waals surface area contributed by atoms with Crippen LogP contribution in [-0.2, 0) is 0 Å². The van der Waals surface area contributed by atoms with E-state index in [0.717, 1.165) is 5.95 Å². The van der Waals surface area contributed by atoms with Gasteiger partial charge in [-0.25, -0.2) is 4.98 Å². The van der Waals surface area contributed by atoms with E-state index >= 15 is 0 Å². The SMILES string of the molecule is CN(c1nccc(N)n1)C1CCC(C)(C)CC1. The number of anilines is 2. The minimum absolute atomic E-state index is 0.494. The van der Waals surface area contributed by atoms with Crippen LogP contribution in [0.1, 0.15) is 39.5 Å². The van der Waals surface area contributed by atoms with E-state index in [1.807, 2.05) is 0 Å². The quantitative estimate of drug-likeness (QED) is 0.854. The maximum absolute atomic E-state index is 5.69. The number of nitrogens with two attached hydrogens (primary N) is 1. The third-order valence-electron chi connectivity index (χ3n) is 3.84. The molecule has 1 aromatic rings. The number of aromatic nitrogens is 2. The van der Waals surface area contributed by atoms with Crippen molar-refractivity contribution in [3.8, 4) is 0 Å². The monoisotopic (exact) mass is 234 g/mol. The fourth-order valence-corrected chi connectivity index (χ4v) is 2.47. The van der Waals surface area contributed by atoms with E-state index < -0.39 is 0 Å². The normalized spacial score (nSPS) is 20.2. The van der Waals surface area contributed by atoms with Crippen molar-refractivity contribution in [3.63, 3.8) is 0 Å². The molecule has 1 saturated carbocycles. The molecule has 2 rings (SSSR count). The van der Waals surface area contributed by atoms with Gasteiger partial charge in [-0.3, -0.25) is 0 Å². The Bertz CT molecular complexity index is 379. The summed E-state index contributed by atoms with van der Waals surface area (Å²) in [6.07, 6.45) is 6.68. The molecule has 94 valence electrons. The third kappa shape index (κ3) is 2.87. The van der Waals surface area contributed by atoms with Gasteiger partial charge >= 0.3 is 0 Å². The van der Waals surface area contributed by atoms with Crippen molar-refractivity contribution in [3.05, 3.63) is 12.3 Å². The predicted molar refractivity (Wildman–Crippen MR) is 70.9 cm³/mol. The molecule has 4 heteroatoms. The van der Waals surface area contributed by atoms with E-state index in [9.17, 15) is 0 Å². The highest BCUT2D eigenvalue weighted by Gasteiger charge is 2.29. The summed E-state index contributed by atoms with van der Waals surface area (Å²) in [4.78, 5) is 10.7. The Morgan fingerprint density at radius 3 is 2.59 bits per heavy atom. The molecule has 0 unspecified atom stereocenters. The first-order chi connectivity index (χ1) is 7.98. The second kappa shape index (κ2) is 4.51. The molecule has 0 atom stereocenters. The van der Waals surface area contributed by atoms with Crippen LogP contribution in [0.2, 0.25) is 0 Å². The van der Waals surface area contributed by atoms with Gasteiger partial charge in [-0.05, 0) is 37.2 Å². The largest absolute Gasteiger partial charge is 0.384 e. The van der Waals surface area contributed by atoms with Gasteiger partial charge < -0.3 is 10.6 Å². The molecule has 0 radical (unpaired) electrons. The zero-order valence-electron chi connectivity index (χ0n) is 11.0. The molecule has 1 aromatic heterocycles. The molecule has 0 saturated heterocycles. The molecule has 1 fully saturated rings. The Morgan fingerprint density at radius 1 is 1.35 bits per heavy atom. The van der Waals surface area contributed by atoms with Gasteiger partial charge in [0.2, 0.25) is 5.95 Å². The lowest BCUT2D eigenvalue weighted by Gasteiger charge is -2.38. The summed E-state index contributed by atoms with van der Waals surface area (Å²) in [5.74, 6) is 1.28. The average molecular weight is 234 g/mol. The van der Waals surface area contributed by atoms with Crippen molar-refractivity contribution >= 4 is 11.8 Å². The molecule has 1 aliphatic carbocycles. The van der Waals surface area contributed by atoms with Crippen LogP contribution in [0.4, 0.5) is 11.8 Å². The van der Waals surface area contributed by atoms with Crippen molar-refractivity contribution in [1.29, 1.82) is 0 Å². The highest BCUT2D eigenvalue weighted by Crippen LogP contribution is 2.37. The van der Waals surface area contributed by atoms with Crippen LogP contribution in [0.3, 0.4) is 0 Å². The molecule has 2 N–H and O–H groups in total. The number of hydrogen-bond donors (Lipinski definition) is 1. The molecule has 0 aliphatic heterocycles. The van der Waals surface area contributed by atoms with Crippen LogP contribution < -0.4 is 10.6 Å². The van der Waals surface area contributed by atoms with E-state index in [-0.39, 0.29) is 0 Å². The number of rotatable bonds is 2. The summed E-state index contributed by atoms with van der Waals surface area (Å²) in [6.45, 7) is 4.69. The van der Waals surface area contributed by atoms with E-state index in [1.165, 1.54) is 25.7 Å². The molecule has 0 amide bonds. The Balaban J connectivity index is 2.04. The van der Waals surface area contributed by atoms with E-state index in [0.29, 0.717) is 17.3 Å². The van der Waals surface area contributed by atoms with Crippen LogP contribution in [0.25, 0.3) is 0 Å². The number of nitrogen functional groups attached to an aromatic ring is 1. The van der Waals surface area contributed by atoms with Gasteiger partial charge in [-0.2, -0.15) is 4.98 Å². The maximum atomic E-state index is 5.69. The summed E-state index contributed by atoms with van der Waals surface area (Å²) in [5.41, 5.74) is 6.19. The molecular formula is C13H22N4. The Kier molecular flexibility index (Phi) is 3.22. The first-order valence-electron chi connectivity index (χ1n) is 6.29.